The van der Waals surface area contributed by atoms with Gasteiger partial charge in [-0.3, -0.25) is 14.3 Å². The van der Waals surface area contributed by atoms with Gasteiger partial charge in [-0.1, -0.05) is 6.42 Å². The van der Waals surface area contributed by atoms with E-state index < -0.39 is 0 Å². The molecule has 2 heterocycles. The average Bonchev–Trinajstić information content (AvgIpc) is 2.75. The predicted octanol–water partition coefficient (Wildman–Crippen LogP) is 1.96. The van der Waals surface area contributed by atoms with Crippen LogP contribution in [-0.4, -0.2) is 51.5 Å². The van der Waals surface area contributed by atoms with E-state index in [1.54, 1.807) is 4.90 Å². The molecular formula is C17H28N4O2. The maximum Gasteiger partial charge on any atom is 0.224 e. The molecule has 0 unspecified atom stereocenters. The number of rotatable bonds is 6. The van der Waals surface area contributed by atoms with Gasteiger partial charge < -0.3 is 9.80 Å². The summed E-state index contributed by atoms with van der Waals surface area (Å²) in [6, 6.07) is 0. The van der Waals surface area contributed by atoms with Crippen molar-refractivity contribution in [3.8, 4) is 0 Å². The van der Waals surface area contributed by atoms with Gasteiger partial charge in [0.05, 0.1) is 6.20 Å². The normalized spacial score (nSPS) is 15.6. The maximum atomic E-state index is 12.3. The number of aryl methyl sites for hydroxylation is 1. The Morgan fingerprint density at radius 2 is 2.13 bits per heavy atom. The van der Waals surface area contributed by atoms with Crippen LogP contribution >= 0.6 is 0 Å². The summed E-state index contributed by atoms with van der Waals surface area (Å²) in [5.41, 5.74) is 2.18. The van der Waals surface area contributed by atoms with E-state index in [0.717, 1.165) is 43.6 Å². The molecule has 0 spiro atoms. The predicted molar refractivity (Wildman–Crippen MR) is 88.8 cm³/mol. The monoisotopic (exact) mass is 320 g/mol. The van der Waals surface area contributed by atoms with E-state index in [1.807, 2.05) is 29.7 Å². The van der Waals surface area contributed by atoms with Gasteiger partial charge in [0.2, 0.25) is 11.8 Å². The average molecular weight is 320 g/mol. The zero-order chi connectivity index (χ0) is 16.8. The van der Waals surface area contributed by atoms with E-state index in [9.17, 15) is 9.59 Å². The van der Waals surface area contributed by atoms with Crippen LogP contribution in [-0.2, 0) is 22.7 Å². The van der Waals surface area contributed by atoms with Gasteiger partial charge in [-0.25, -0.2) is 0 Å². The van der Waals surface area contributed by atoms with Crippen molar-refractivity contribution in [1.29, 1.82) is 0 Å². The molecule has 0 aliphatic carbocycles. The largest absolute Gasteiger partial charge is 0.342 e. The molecule has 1 fully saturated rings. The fraction of sp³-hybridized carbons (Fsp3) is 0.706. The van der Waals surface area contributed by atoms with Crippen LogP contribution in [0.2, 0.25) is 0 Å². The van der Waals surface area contributed by atoms with E-state index in [4.69, 9.17) is 0 Å². The minimum absolute atomic E-state index is 0.0747. The van der Waals surface area contributed by atoms with E-state index in [0.29, 0.717) is 25.9 Å². The minimum atomic E-state index is 0.0747. The molecule has 6 heteroatoms. The third-order valence-corrected chi connectivity index (χ3v) is 4.60. The molecule has 1 aliphatic heterocycles. The number of likely N-dealkylation sites (tertiary alicyclic amines) is 1. The van der Waals surface area contributed by atoms with E-state index in [1.165, 1.54) is 0 Å². The van der Waals surface area contributed by atoms with Crippen LogP contribution in [0.1, 0.15) is 50.3 Å². The molecular weight excluding hydrogens is 292 g/mol. The van der Waals surface area contributed by atoms with Gasteiger partial charge >= 0.3 is 0 Å². The lowest BCUT2D eigenvalue weighted by molar-refractivity contribution is -0.133. The highest BCUT2D eigenvalue weighted by Crippen LogP contribution is 2.13. The van der Waals surface area contributed by atoms with Gasteiger partial charge in [0.15, 0.2) is 0 Å². The molecule has 0 bridgehead atoms. The molecule has 1 aromatic rings. The summed E-state index contributed by atoms with van der Waals surface area (Å²) in [6.07, 6.45) is 5.98. The van der Waals surface area contributed by atoms with Crippen molar-refractivity contribution >= 4 is 11.8 Å². The first kappa shape index (κ1) is 17.5. The molecule has 128 valence electrons. The summed E-state index contributed by atoms with van der Waals surface area (Å²) in [5.74, 6) is 0.267. The second kappa shape index (κ2) is 8.13. The lowest BCUT2D eigenvalue weighted by Gasteiger charge is -2.22. The van der Waals surface area contributed by atoms with Crippen molar-refractivity contribution in [2.75, 3.05) is 20.1 Å². The van der Waals surface area contributed by atoms with Crippen molar-refractivity contribution < 1.29 is 9.59 Å². The quantitative estimate of drug-likeness (QED) is 0.805. The van der Waals surface area contributed by atoms with Crippen molar-refractivity contribution in [2.45, 2.75) is 59.0 Å². The maximum absolute atomic E-state index is 12.3. The van der Waals surface area contributed by atoms with Crippen LogP contribution in [0.3, 0.4) is 0 Å². The molecule has 0 aromatic carbocycles. The Morgan fingerprint density at radius 1 is 1.35 bits per heavy atom. The molecule has 1 aliphatic rings. The summed E-state index contributed by atoms with van der Waals surface area (Å²) in [4.78, 5) is 27.9. The molecule has 0 radical (unpaired) electrons. The molecule has 0 saturated carbocycles. The number of carbonyl (C=O) groups excluding carboxylic acids is 2. The lowest BCUT2D eigenvalue weighted by Crippen LogP contribution is -2.35. The molecule has 23 heavy (non-hydrogen) atoms. The van der Waals surface area contributed by atoms with E-state index in [-0.39, 0.29) is 11.8 Å². The smallest absolute Gasteiger partial charge is 0.224 e. The minimum Gasteiger partial charge on any atom is -0.342 e. The number of hydrogen-bond acceptors (Lipinski definition) is 3. The second-order valence-corrected chi connectivity index (χ2v) is 6.26. The first-order valence-corrected chi connectivity index (χ1v) is 8.56. The van der Waals surface area contributed by atoms with Crippen LogP contribution in [0.25, 0.3) is 0 Å². The molecule has 1 aromatic heterocycles. The van der Waals surface area contributed by atoms with Gasteiger partial charge in [-0.05, 0) is 26.7 Å². The van der Waals surface area contributed by atoms with Gasteiger partial charge in [0, 0.05) is 57.3 Å². The Balaban J connectivity index is 1.84. The number of aromatic nitrogens is 2. The third-order valence-electron chi connectivity index (χ3n) is 4.60. The highest BCUT2D eigenvalue weighted by atomic mass is 16.2. The Labute approximate surface area is 138 Å². The van der Waals surface area contributed by atoms with Crippen molar-refractivity contribution in [2.24, 2.45) is 0 Å². The Bertz CT molecular complexity index is 553. The summed E-state index contributed by atoms with van der Waals surface area (Å²) < 4.78 is 1.93. The van der Waals surface area contributed by atoms with Crippen LogP contribution in [0.5, 0.6) is 0 Å². The fourth-order valence-corrected chi connectivity index (χ4v) is 3.00. The van der Waals surface area contributed by atoms with Crippen molar-refractivity contribution in [3.63, 3.8) is 0 Å². The zero-order valence-electron chi connectivity index (χ0n) is 14.5. The Kier molecular flexibility index (Phi) is 6.19. The summed E-state index contributed by atoms with van der Waals surface area (Å²) in [6.45, 7) is 6.81. The number of hydrogen-bond donors (Lipinski definition) is 0. The van der Waals surface area contributed by atoms with Crippen LogP contribution in [0.15, 0.2) is 6.20 Å². The summed E-state index contributed by atoms with van der Waals surface area (Å²) in [5, 5.41) is 4.31. The lowest BCUT2D eigenvalue weighted by atomic mass is 10.2. The Hall–Kier alpha value is -1.85. The third kappa shape index (κ3) is 4.56. The SMILES string of the molecule is CCn1ncc(CN(C)C(=O)CCN2CCCCCC2=O)c1C. The summed E-state index contributed by atoms with van der Waals surface area (Å²) in [7, 11) is 1.81. The first-order valence-electron chi connectivity index (χ1n) is 8.56. The van der Waals surface area contributed by atoms with Crippen LogP contribution < -0.4 is 0 Å². The molecule has 2 rings (SSSR count). The molecule has 6 nitrogen and oxygen atoms in total. The van der Waals surface area contributed by atoms with Crippen molar-refractivity contribution in [3.05, 3.63) is 17.5 Å². The first-order chi connectivity index (χ1) is 11.0. The van der Waals surface area contributed by atoms with E-state index >= 15 is 0 Å². The molecule has 0 atom stereocenters. The van der Waals surface area contributed by atoms with Crippen molar-refractivity contribution in [1.82, 2.24) is 19.6 Å². The number of amides is 2. The van der Waals surface area contributed by atoms with Gasteiger partial charge in [-0.15, -0.1) is 0 Å². The highest BCUT2D eigenvalue weighted by molar-refractivity contribution is 5.79. The molecule has 0 N–H and O–H groups in total. The molecule has 2 amide bonds. The standard InChI is InChI=1S/C17H28N4O2/c1-4-21-14(2)15(12-18-21)13-19(3)16(22)9-11-20-10-7-5-6-8-17(20)23/h12H,4-11,13H2,1-3H3. The topological polar surface area (TPSA) is 58.4 Å². The second-order valence-electron chi connectivity index (χ2n) is 6.26. The van der Waals surface area contributed by atoms with Gasteiger partial charge in [0.25, 0.3) is 0 Å². The number of nitrogens with zero attached hydrogens (tertiary/aromatic N) is 4. The Morgan fingerprint density at radius 3 is 2.83 bits per heavy atom. The number of carbonyl (C=O) groups is 2. The van der Waals surface area contributed by atoms with Gasteiger partial charge in [0.1, 0.15) is 0 Å². The zero-order valence-corrected chi connectivity index (χ0v) is 14.5. The van der Waals surface area contributed by atoms with Crippen LogP contribution in [0.4, 0.5) is 0 Å². The van der Waals surface area contributed by atoms with Crippen LogP contribution in [0, 0.1) is 6.92 Å². The van der Waals surface area contributed by atoms with Gasteiger partial charge in [-0.2, -0.15) is 5.10 Å². The molecule has 1 saturated heterocycles. The van der Waals surface area contributed by atoms with E-state index in [2.05, 4.69) is 12.0 Å². The summed E-state index contributed by atoms with van der Waals surface area (Å²) >= 11 is 0. The highest BCUT2D eigenvalue weighted by Gasteiger charge is 2.19. The fourth-order valence-electron chi connectivity index (χ4n) is 3.00.